The minimum absolute atomic E-state index is 0.990. The summed E-state index contributed by atoms with van der Waals surface area (Å²) in [5.41, 5.74) is 0. The van der Waals surface area contributed by atoms with E-state index in [0.29, 0.717) is 0 Å². The lowest BCUT2D eigenvalue weighted by molar-refractivity contribution is 0.361. The van der Waals surface area contributed by atoms with Gasteiger partial charge in [0.25, 0.3) is 0 Å². The van der Waals surface area contributed by atoms with Crippen LogP contribution < -0.4 is 0 Å². The molecular formula is C9H17N. The molecule has 0 atom stereocenters. The van der Waals surface area contributed by atoms with E-state index in [4.69, 9.17) is 0 Å². The van der Waals surface area contributed by atoms with Gasteiger partial charge in [-0.05, 0) is 31.4 Å². The molecule has 1 heteroatoms. The highest BCUT2D eigenvalue weighted by molar-refractivity contribution is 4.81. The lowest BCUT2D eigenvalue weighted by Crippen LogP contribution is -2.20. The van der Waals surface area contributed by atoms with E-state index < -0.39 is 0 Å². The van der Waals surface area contributed by atoms with Gasteiger partial charge in [0, 0.05) is 13.1 Å². The maximum absolute atomic E-state index is 3.79. The lowest BCUT2D eigenvalue weighted by Gasteiger charge is -2.17. The summed E-state index contributed by atoms with van der Waals surface area (Å²) in [5, 5.41) is 0. The first-order valence-corrected chi connectivity index (χ1v) is 4.23. The Kier molecular flexibility index (Phi) is 2.79. The van der Waals surface area contributed by atoms with Crippen molar-refractivity contribution in [2.24, 2.45) is 5.92 Å². The smallest absolute Gasteiger partial charge is 0.0200 e. The number of hydrogen-bond donors (Lipinski definition) is 0. The van der Waals surface area contributed by atoms with Crippen molar-refractivity contribution in [2.45, 2.75) is 26.2 Å². The maximum atomic E-state index is 3.79. The minimum Gasteiger partial charge on any atom is -0.378 e. The first-order chi connectivity index (χ1) is 4.86. The number of rotatable bonds is 5. The van der Waals surface area contributed by atoms with Crippen LogP contribution in [0, 0.1) is 5.92 Å². The Morgan fingerprint density at radius 1 is 1.60 bits per heavy atom. The van der Waals surface area contributed by atoms with Crippen molar-refractivity contribution >= 4 is 0 Å². The van der Waals surface area contributed by atoms with E-state index in [1.165, 1.54) is 32.4 Å². The van der Waals surface area contributed by atoms with E-state index in [1.807, 2.05) is 6.20 Å². The summed E-state index contributed by atoms with van der Waals surface area (Å²) >= 11 is 0. The van der Waals surface area contributed by atoms with Crippen molar-refractivity contribution in [1.29, 1.82) is 0 Å². The summed E-state index contributed by atoms with van der Waals surface area (Å²) in [6, 6.07) is 0. The van der Waals surface area contributed by atoms with Gasteiger partial charge in [0.1, 0.15) is 0 Å². The Morgan fingerprint density at radius 2 is 2.30 bits per heavy atom. The largest absolute Gasteiger partial charge is 0.378 e. The molecule has 0 heterocycles. The zero-order valence-electron chi connectivity index (χ0n) is 6.84. The zero-order valence-corrected chi connectivity index (χ0v) is 6.84. The molecule has 58 valence electrons. The van der Waals surface area contributed by atoms with Crippen LogP contribution in [0.2, 0.25) is 0 Å². The molecule has 0 amide bonds. The van der Waals surface area contributed by atoms with Crippen molar-refractivity contribution in [3.63, 3.8) is 0 Å². The second kappa shape index (κ2) is 3.65. The van der Waals surface area contributed by atoms with Crippen LogP contribution in [-0.2, 0) is 0 Å². The van der Waals surface area contributed by atoms with Gasteiger partial charge >= 0.3 is 0 Å². The second-order valence-corrected chi connectivity index (χ2v) is 3.12. The number of nitrogens with zero attached hydrogens (tertiary/aromatic N) is 1. The summed E-state index contributed by atoms with van der Waals surface area (Å²) < 4.78 is 0. The van der Waals surface area contributed by atoms with Gasteiger partial charge in [-0.25, -0.2) is 0 Å². The van der Waals surface area contributed by atoms with E-state index in [9.17, 15) is 0 Å². The minimum atomic E-state index is 0.990. The lowest BCUT2D eigenvalue weighted by atomic mass is 10.3. The van der Waals surface area contributed by atoms with Crippen LogP contribution >= 0.6 is 0 Å². The molecule has 0 radical (unpaired) electrons. The van der Waals surface area contributed by atoms with Crippen molar-refractivity contribution in [1.82, 2.24) is 4.90 Å². The Hall–Kier alpha value is -0.460. The second-order valence-electron chi connectivity index (χ2n) is 3.12. The molecule has 0 aromatic carbocycles. The van der Waals surface area contributed by atoms with Gasteiger partial charge in [-0.1, -0.05) is 13.5 Å². The standard InChI is InChI=1S/C9H17N/c1-3-7-10(4-2)8-9-5-6-9/h4,9H,2-3,5-8H2,1H3. The summed E-state index contributed by atoms with van der Waals surface area (Å²) in [6.45, 7) is 8.43. The van der Waals surface area contributed by atoms with E-state index in [0.717, 1.165) is 5.92 Å². The molecule has 10 heavy (non-hydrogen) atoms. The molecule has 0 N–H and O–H groups in total. The first-order valence-electron chi connectivity index (χ1n) is 4.23. The normalized spacial score (nSPS) is 16.9. The molecule has 1 rings (SSSR count). The Morgan fingerprint density at radius 3 is 2.70 bits per heavy atom. The van der Waals surface area contributed by atoms with Crippen molar-refractivity contribution in [3.05, 3.63) is 12.8 Å². The molecule has 0 aromatic rings. The topological polar surface area (TPSA) is 3.24 Å². The SMILES string of the molecule is C=CN(CCC)CC1CC1. The highest BCUT2D eigenvalue weighted by atomic mass is 15.1. The van der Waals surface area contributed by atoms with Crippen LogP contribution in [0.1, 0.15) is 26.2 Å². The van der Waals surface area contributed by atoms with Gasteiger partial charge in [0.2, 0.25) is 0 Å². The Labute approximate surface area is 63.7 Å². The molecule has 0 aromatic heterocycles. The molecule has 1 aliphatic rings. The van der Waals surface area contributed by atoms with Gasteiger partial charge in [-0.3, -0.25) is 0 Å². The third-order valence-electron chi connectivity index (χ3n) is 1.96. The zero-order chi connectivity index (χ0) is 7.40. The summed E-state index contributed by atoms with van der Waals surface area (Å²) in [6.07, 6.45) is 6.09. The average molecular weight is 139 g/mol. The highest BCUT2D eigenvalue weighted by Crippen LogP contribution is 2.29. The molecular weight excluding hydrogens is 122 g/mol. The Balaban J connectivity index is 2.11. The Bertz CT molecular complexity index is 105. The molecule has 1 aliphatic carbocycles. The van der Waals surface area contributed by atoms with Crippen LogP contribution in [0.25, 0.3) is 0 Å². The first kappa shape index (κ1) is 7.64. The molecule has 1 fully saturated rings. The fourth-order valence-corrected chi connectivity index (χ4v) is 1.18. The summed E-state index contributed by atoms with van der Waals surface area (Å²) in [5.74, 6) is 0.990. The molecule has 0 unspecified atom stereocenters. The quantitative estimate of drug-likeness (QED) is 0.564. The van der Waals surface area contributed by atoms with Gasteiger partial charge in [-0.15, -0.1) is 0 Å². The van der Waals surface area contributed by atoms with Gasteiger partial charge < -0.3 is 4.90 Å². The van der Waals surface area contributed by atoms with Gasteiger partial charge in [0.05, 0.1) is 0 Å². The fourth-order valence-electron chi connectivity index (χ4n) is 1.18. The van der Waals surface area contributed by atoms with Crippen LogP contribution in [0.5, 0.6) is 0 Å². The average Bonchev–Trinajstić information content (AvgIpc) is 2.71. The fraction of sp³-hybridized carbons (Fsp3) is 0.778. The summed E-state index contributed by atoms with van der Waals surface area (Å²) in [7, 11) is 0. The molecule has 0 aliphatic heterocycles. The maximum Gasteiger partial charge on any atom is 0.0200 e. The highest BCUT2D eigenvalue weighted by Gasteiger charge is 2.22. The van der Waals surface area contributed by atoms with E-state index in [-0.39, 0.29) is 0 Å². The van der Waals surface area contributed by atoms with E-state index in [2.05, 4.69) is 18.4 Å². The predicted molar refractivity (Wildman–Crippen MR) is 44.8 cm³/mol. The molecule has 1 nitrogen and oxygen atoms in total. The van der Waals surface area contributed by atoms with Crippen LogP contribution in [0.4, 0.5) is 0 Å². The van der Waals surface area contributed by atoms with Crippen LogP contribution in [-0.4, -0.2) is 18.0 Å². The van der Waals surface area contributed by atoms with Gasteiger partial charge in [0.15, 0.2) is 0 Å². The third-order valence-corrected chi connectivity index (χ3v) is 1.96. The molecule has 1 saturated carbocycles. The third kappa shape index (κ3) is 2.42. The van der Waals surface area contributed by atoms with Crippen molar-refractivity contribution in [3.8, 4) is 0 Å². The molecule has 0 spiro atoms. The van der Waals surface area contributed by atoms with Crippen LogP contribution in [0.3, 0.4) is 0 Å². The molecule has 0 bridgehead atoms. The van der Waals surface area contributed by atoms with Crippen LogP contribution in [0.15, 0.2) is 12.8 Å². The number of hydrogen-bond acceptors (Lipinski definition) is 1. The molecule has 0 saturated heterocycles. The van der Waals surface area contributed by atoms with Crippen molar-refractivity contribution in [2.75, 3.05) is 13.1 Å². The predicted octanol–water partition coefficient (Wildman–Crippen LogP) is 2.25. The van der Waals surface area contributed by atoms with E-state index in [1.54, 1.807) is 0 Å². The monoisotopic (exact) mass is 139 g/mol. The summed E-state index contributed by atoms with van der Waals surface area (Å²) in [4.78, 5) is 2.33. The van der Waals surface area contributed by atoms with E-state index >= 15 is 0 Å². The van der Waals surface area contributed by atoms with Gasteiger partial charge in [-0.2, -0.15) is 0 Å². The van der Waals surface area contributed by atoms with Crippen molar-refractivity contribution < 1.29 is 0 Å².